The predicted molar refractivity (Wildman–Crippen MR) is 79.4 cm³/mol. The van der Waals surface area contributed by atoms with E-state index < -0.39 is 0 Å². The fraction of sp³-hybridized carbons (Fsp3) is 0.438. The number of rotatable bonds is 3. The number of aromatic nitrogens is 2. The van der Waals surface area contributed by atoms with Gasteiger partial charge in [0.25, 0.3) is 0 Å². The zero-order valence-electron chi connectivity index (χ0n) is 12.1. The van der Waals surface area contributed by atoms with E-state index in [4.69, 9.17) is 4.74 Å². The van der Waals surface area contributed by atoms with Crippen LogP contribution in [-0.2, 0) is 0 Å². The van der Waals surface area contributed by atoms with E-state index in [-0.39, 0.29) is 0 Å². The maximum atomic E-state index is 5.50. The molecule has 4 heteroatoms. The van der Waals surface area contributed by atoms with Gasteiger partial charge in [-0.05, 0) is 44.0 Å². The number of aryl methyl sites for hydroxylation is 1. The summed E-state index contributed by atoms with van der Waals surface area (Å²) in [5, 5.41) is 3.58. The second-order valence-electron chi connectivity index (χ2n) is 5.37. The normalized spacial score (nSPS) is 19.0. The number of hydrogen-bond acceptors (Lipinski definition) is 3. The van der Waals surface area contributed by atoms with Crippen molar-refractivity contribution in [2.45, 2.75) is 32.2 Å². The minimum absolute atomic E-state index is 0.386. The summed E-state index contributed by atoms with van der Waals surface area (Å²) < 4.78 is 7.65. The van der Waals surface area contributed by atoms with Gasteiger partial charge in [-0.25, -0.2) is 4.98 Å². The average molecular weight is 271 g/mol. The van der Waals surface area contributed by atoms with E-state index in [9.17, 15) is 0 Å². The minimum atomic E-state index is 0.386. The lowest BCUT2D eigenvalue weighted by Crippen LogP contribution is -2.28. The molecule has 0 saturated carbocycles. The summed E-state index contributed by atoms with van der Waals surface area (Å²) in [7, 11) is 1.71. The van der Waals surface area contributed by atoms with Gasteiger partial charge in [-0.1, -0.05) is 12.5 Å². The topological polar surface area (TPSA) is 39.1 Å². The first-order valence-corrected chi connectivity index (χ1v) is 7.20. The van der Waals surface area contributed by atoms with Crippen LogP contribution in [0.15, 0.2) is 30.7 Å². The van der Waals surface area contributed by atoms with Crippen LogP contribution in [0.25, 0.3) is 5.69 Å². The Morgan fingerprint density at radius 3 is 3.00 bits per heavy atom. The maximum Gasteiger partial charge on any atom is 0.142 e. The van der Waals surface area contributed by atoms with E-state index in [1.165, 1.54) is 30.5 Å². The molecule has 1 N–H and O–H groups in total. The molecule has 0 spiro atoms. The van der Waals surface area contributed by atoms with Gasteiger partial charge in [0, 0.05) is 6.04 Å². The zero-order valence-corrected chi connectivity index (χ0v) is 12.1. The van der Waals surface area contributed by atoms with E-state index in [0.717, 1.165) is 18.0 Å². The van der Waals surface area contributed by atoms with Crippen LogP contribution >= 0.6 is 0 Å². The number of ether oxygens (including phenoxy) is 1. The number of nitrogens with zero attached hydrogens (tertiary/aromatic N) is 2. The standard InChI is InChI=1S/C16H21N3O/c1-12-6-7-16(20-2)14(9-12)19-11-17-10-15(19)13-5-3-4-8-18-13/h6-7,9-11,13,18H,3-5,8H2,1-2H3. The molecule has 0 bridgehead atoms. The molecule has 1 aromatic carbocycles. The Morgan fingerprint density at radius 2 is 2.25 bits per heavy atom. The van der Waals surface area contributed by atoms with E-state index in [0.29, 0.717) is 6.04 Å². The Kier molecular flexibility index (Phi) is 3.74. The first-order valence-electron chi connectivity index (χ1n) is 7.20. The lowest BCUT2D eigenvalue weighted by molar-refractivity contribution is 0.396. The fourth-order valence-electron chi connectivity index (χ4n) is 2.86. The quantitative estimate of drug-likeness (QED) is 0.932. The summed E-state index contributed by atoms with van der Waals surface area (Å²) in [6, 6.07) is 6.62. The molecular formula is C16H21N3O. The van der Waals surface area contributed by atoms with Gasteiger partial charge in [0.1, 0.15) is 5.75 Å². The molecule has 1 fully saturated rings. The van der Waals surface area contributed by atoms with Crippen LogP contribution in [0, 0.1) is 6.92 Å². The van der Waals surface area contributed by atoms with Gasteiger partial charge >= 0.3 is 0 Å². The smallest absolute Gasteiger partial charge is 0.142 e. The van der Waals surface area contributed by atoms with E-state index in [2.05, 4.69) is 33.9 Å². The molecular weight excluding hydrogens is 250 g/mol. The second-order valence-corrected chi connectivity index (χ2v) is 5.37. The van der Waals surface area contributed by atoms with Gasteiger partial charge < -0.3 is 10.1 Å². The van der Waals surface area contributed by atoms with E-state index in [1.54, 1.807) is 7.11 Å². The lowest BCUT2D eigenvalue weighted by Gasteiger charge is -2.25. The Bertz CT molecular complexity index is 585. The summed E-state index contributed by atoms with van der Waals surface area (Å²) in [5.74, 6) is 0.880. The summed E-state index contributed by atoms with van der Waals surface area (Å²) >= 11 is 0. The van der Waals surface area contributed by atoms with Gasteiger partial charge in [0.15, 0.2) is 0 Å². The maximum absolute atomic E-state index is 5.50. The molecule has 1 atom stereocenters. The Labute approximate surface area is 119 Å². The predicted octanol–water partition coefficient (Wildman–Crippen LogP) is 3.00. The van der Waals surface area contributed by atoms with Crippen LogP contribution in [-0.4, -0.2) is 23.2 Å². The van der Waals surface area contributed by atoms with E-state index >= 15 is 0 Å². The van der Waals surface area contributed by atoms with Gasteiger partial charge in [-0.3, -0.25) is 4.57 Å². The fourth-order valence-corrected chi connectivity index (χ4v) is 2.86. The molecule has 20 heavy (non-hydrogen) atoms. The Balaban J connectivity index is 2.02. The summed E-state index contributed by atoms with van der Waals surface area (Å²) in [6.45, 7) is 3.18. The van der Waals surface area contributed by atoms with Crippen molar-refractivity contribution in [3.63, 3.8) is 0 Å². The molecule has 4 nitrogen and oxygen atoms in total. The molecule has 1 unspecified atom stereocenters. The van der Waals surface area contributed by atoms with Crippen molar-refractivity contribution in [2.24, 2.45) is 0 Å². The van der Waals surface area contributed by atoms with Crippen molar-refractivity contribution >= 4 is 0 Å². The van der Waals surface area contributed by atoms with Crippen LogP contribution in [0.5, 0.6) is 5.75 Å². The highest BCUT2D eigenvalue weighted by atomic mass is 16.5. The van der Waals surface area contributed by atoms with Crippen LogP contribution in [0.2, 0.25) is 0 Å². The average Bonchev–Trinajstić information content (AvgIpc) is 2.97. The first kappa shape index (κ1) is 13.2. The van der Waals surface area contributed by atoms with Crippen LogP contribution in [0.3, 0.4) is 0 Å². The number of piperidine rings is 1. The van der Waals surface area contributed by atoms with Gasteiger partial charge in [-0.2, -0.15) is 0 Å². The van der Waals surface area contributed by atoms with Crippen LogP contribution in [0.4, 0.5) is 0 Å². The summed E-state index contributed by atoms with van der Waals surface area (Å²) in [6.07, 6.45) is 7.54. The number of methoxy groups -OCH3 is 1. The summed E-state index contributed by atoms with van der Waals surface area (Å²) in [4.78, 5) is 4.35. The molecule has 0 radical (unpaired) electrons. The van der Waals surface area contributed by atoms with Gasteiger partial charge in [0.2, 0.25) is 0 Å². The third-order valence-electron chi connectivity index (χ3n) is 3.93. The largest absolute Gasteiger partial charge is 0.495 e. The highest BCUT2D eigenvalue weighted by Gasteiger charge is 2.20. The third-order valence-corrected chi connectivity index (χ3v) is 3.93. The molecule has 2 heterocycles. The molecule has 1 aliphatic heterocycles. The SMILES string of the molecule is COc1ccc(C)cc1-n1cncc1C1CCCCN1. The van der Waals surface area contributed by atoms with Crippen molar-refractivity contribution in [3.8, 4) is 11.4 Å². The minimum Gasteiger partial charge on any atom is -0.495 e. The number of imidazole rings is 1. The Hall–Kier alpha value is -1.81. The number of benzene rings is 1. The number of nitrogens with one attached hydrogen (secondary N) is 1. The molecule has 3 rings (SSSR count). The molecule has 1 aliphatic rings. The third kappa shape index (κ3) is 2.43. The first-order chi connectivity index (χ1) is 9.79. The second kappa shape index (κ2) is 5.67. The Morgan fingerprint density at radius 1 is 1.35 bits per heavy atom. The van der Waals surface area contributed by atoms with Crippen molar-refractivity contribution in [1.29, 1.82) is 0 Å². The highest BCUT2D eigenvalue weighted by Crippen LogP contribution is 2.29. The van der Waals surface area contributed by atoms with Gasteiger partial charge in [-0.15, -0.1) is 0 Å². The van der Waals surface area contributed by atoms with Crippen LogP contribution < -0.4 is 10.1 Å². The molecule has 1 aromatic heterocycles. The molecule has 0 amide bonds. The zero-order chi connectivity index (χ0) is 13.9. The molecule has 0 aliphatic carbocycles. The summed E-state index contributed by atoms with van der Waals surface area (Å²) in [5.41, 5.74) is 3.50. The lowest BCUT2D eigenvalue weighted by atomic mass is 10.0. The van der Waals surface area contributed by atoms with Crippen LogP contribution in [0.1, 0.15) is 36.6 Å². The number of hydrogen-bond donors (Lipinski definition) is 1. The highest BCUT2D eigenvalue weighted by molar-refractivity contribution is 5.50. The molecule has 106 valence electrons. The van der Waals surface area contributed by atoms with Crippen molar-refractivity contribution in [3.05, 3.63) is 42.0 Å². The van der Waals surface area contributed by atoms with Crippen molar-refractivity contribution < 1.29 is 4.74 Å². The molecule has 1 saturated heterocycles. The molecule has 2 aromatic rings. The van der Waals surface area contributed by atoms with Crippen molar-refractivity contribution in [2.75, 3.05) is 13.7 Å². The van der Waals surface area contributed by atoms with E-state index in [1.807, 2.05) is 18.6 Å². The van der Waals surface area contributed by atoms with Gasteiger partial charge in [0.05, 0.1) is 31.0 Å². The van der Waals surface area contributed by atoms with Crippen molar-refractivity contribution in [1.82, 2.24) is 14.9 Å². The monoisotopic (exact) mass is 271 g/mol.